The maximum absolute atomic E-state index is 11.7. The van der Waals surface area contributed by atoms with E-state index >= 15 is 0 Å². The molecule has 0 heterocycles. The lowest BCUT2D eigenvalue weighted by atomic mass is 10.00. The first kappa shape index (κ1) is 14.6. The van der Waals surface area contributed by atoms with Crippen LogP contribution < -0.4 is 10.6 Å². The summed E-state index contributed by atoms with van der Waals surface area (Å²) in [7, 11) is 0. The Bertz CT molecular complexity index is 421. The van der Waals surface area contributed by atoms with Gasteiger partial charge in [0.2, 0.25) is 0 Å². The van der Waals surface area contributed by atoms with Gasteiger partial charge in [0, 0.05) is 12.1 Å². The number of benzene rings is 1. The molecule has 0 bridgehead atoms. The first-order valence-corrected chi connectivity index (χ1v) is 6.32. The van der Waals surface area contributed by atoms with E-state index in [1.54, 1.807) is 0 Å². The monoisotopic (exact) mass is 248 g/mol. The average molecular weight is 248 g/mol. The molecule has 1 rings (SSSR count). The minimum absolute atomic E-state index is 0.123. The number of hydrogen-bond acceptors (Lipinski definition) is 1. The second-order valence-electron chi connectivity index (χ2n) is 5.93. The van der Waals surface area contributed by atoms with E-state index in [2.05, 4.69) is 43.5 Å². The molecule has 0 aliphatic carbocycles. The number of nitrogens with one attached hydrogen (secondary N) is 2. The Morgan fingerprint density at radius 2 is 1.61 bits per heavy atom. The molecule has 0 aliphatic rings. The molecule has 0 aliphatic heterocycles. The van der Waals surface area contributed by atoms with Crippen LogP contribution in [-0.4, -0.2) is 11.6 Å². The Kier molecular flexibility index (Phi) is 4.38. The van der Waals surface area contributed by atoms with E-state index in [4.69, 9.17) is 0 Å². The molecule has 2 N–H and O–H groups in total. The van der Waals surface area contributed by atoms with Gasteiger partial charge in [0.05, 0.1) is 0 Å². The molecule has 0 fully saturated rings. The zero-order valence-corrected chi connectivity index (χ0v) is 12.3. The van der Waals surface area contributed by atoms with E-state index in [1.165, 1.54) is 22.3 Å². The van der Waals surface area contributed by atoms with Crippen LogP contribution in [0, 0.1) is 20.8 Å². The van der Waals surface area contributed by atoms with Crippen molar-refractivity contribution in [2.75, 3.05) is 0 Å². The number of hydrogen-bond donors (Lipinski definition) is 2. The highest BCUT2D eigenvalue weighted by Crippen LogP contribution is 2.16. The van der Waals surface area contributed by atoms with Gasteiger partial charge in [0.1, 0.15) is 0 Å². The fraction of sp³-hybridized carbons (Fsp3) is 0.533. The standard InChI is InChI=1S/C15H24N2O/c1-10-7-11(2)13(12(3)8-10)9-16-14(18)17-15(4,5)6/h7-8H,9H2,1-6H3,(H2,16,17,18). The fourth-order valence-electron chi connectivity index (χ4n) is 2.04. The van der Waals surface area contributed by atoms with Gasteiger partial charge >= 0.3 is 6.03 Å². The van der Waals surface area contributed by atoms with Gasteiger partial charge in [0.25, 0.3) is 0 Å². The van der Waals surface area contributed by atoms with Crippen molar-refractivity contribution in [2.24, 2.45) is 0 Å². The zero-order chi connectivity index (χ0) is 13.9. The molecule has 3 heteroatoms. The number of aryl methyl sites for hydroxylation is 3. The summed E-state index contributed by atoms with van der Waals surface area (Å²) in [6, 6.07) is 4.17. The molecule has 0 aromatic heterocycles. The van der Waals surface area contributed by atoms with E-state index < -0.39 is 0 Å². The fourth-order valence-corrected chi connectivity index (χ4v) is 2.04. The van der Waals surface area contributed by atoms with Crippen molar-refractivity contribution in [2.45, 2.75) is 53.6 Å². The van der Waals surface area contributed by atoms with E-state index in [0.29, 0.717) is 6.54 Å². The largest absolute Gasteiger partial charge is 0.334 e. The minimum atomic E-state index is -0.207. The maximum Gasteiger partial charge on any atom is 0.315 e. The third kappa shape index (κ3) is 4.40. The van der Waals surface area contributed by atoms with Gasteiger partial charge in [-0.2, -0.15) is 0 Å². The maximum atomic E-state index is 11.7. The predicted molar refractivity (Wildman–Crippen MR) is 75.8 cm³/mol. The molecule has 1 aromatic carbocycles. The Morgan fingerprint density at radius 3 is 2.06 bits per heavy atom. The van der Waals surface area contributed by atoms with Crippen LogP contribution in [0.15, 0.2) is 12.1 Å². The minimum Gasteiger partial charge on any atom is -0.334 e. The molecule has 100 valence electrons. The van der Waals surface area contributed by atoms with Crippen LogP contribution in [0.25, 0.3) is 0 Å². The van der Waals surface area contributed by atoms with Crippen LogP contribution in [0.3, 0.4) is 0 Å². The molecule has 18 heavy (non-hydrogen) atoms. The molecule has 0 unspecified atom stereocenters. The van der Waals surface area contributed by atoms with E-state index in [0.717, 1.165) is 0 Å². The number of urea groups is 1. The first-order valence-electron chi connectivity index (χ1n) is 6.32. The lowest BCUT2D eigenvalue weighted by Gasteiger charge is -2.21. The van der Waals surface area contributed by atoms with Gasteiger partial charge in [-0.05, 0) is 58.2 Å². The Morgan fingerprint density at radius 1 is 1.11 bits per heavy atom. The highest BCUT2D eigenvalue weighted by atomic mass is 16.2. The SMILES string of the molecule is Cc1cc(C)c(CNC(=O)NC(C)(C)C)c(C)c1. The molecular formula is C15H24N2O. The van der Waals surface area contributed by atoms with Crippen LogP contribution >= 0.6 is 0 Å². The number of amides is 2. The Balaban J connectivity index is 2.67. The van der Waals surface area contributed by atoms with E-state index in [-0.39, 0.29) is 11.6 Å². The van der Waals surface area contributed by atoms with Gasteiger partial charge < -0.3 is 10.6 Å². The summed E-state index contributed by atoms with van der Waals surface area (Å²) in [6.45, 7) is 12.7. The molecule has 0 radical (unpaired) electrons. The topological polar surface area (TPSA) is 41.1 Å². The molecule has 1 aromatic rings. The first-order chi connectivity index (χ1) is 8.19. The van der Waals surface area contributed by atoms with Gasteiger partial charge in [-0.3, -0.25) is 0 Å². The van der Waals surface area contributed by atoms with Crippen LogP contribution in [0.5, 0.6) is 0 Å². The van der Waals surface area contributed by atoms with Crippen LogP contribution in [-0.2, 0) is 6.54 Å². The molecular weight excluding hydrogens is 224 g/mol. The highest BCUT2D eigenvalue weighted by molar-refractivity contribution is 5.74. The Labute approximate surface area is 110 Å². The second-order valence-corrected chi connectivity index (χ2v) is 5.93. The van der Waals surface area contributed by atoms with E-state index in [9.17, 15) is 4.79 Å². The smallest absolute Gasteiger partial charge is 0.315 e. The summed E-state index contributed by atoms with van der Waals surface area (Å²) in [5.74, 6) is 0. The summed E-state index contributed by atoms with van der Waals surface area (Å²) in [5.41, 5.74) is 4.70. The second kappa shape index (κ2) is 5.42. The molecule has 0 saturated carbocycles. The van der Waals surface area contributed by atoms with Crippen molar-refractivity contribution >= 4 is 6.03 Å². The third-order valence-corrected chi connectivity index (χ3v) is 2.75. The van der Waals surface area contributed by atoms with Gasteiger partial charge in [-0.25, -0.2) is 4.79 Å². The molecule has 2 amide bonds. The molecule has 0 saturated heterocycles. The summed E-state index contributed by atoms with van der Waals surface area (Å²) >= 11 is 0. The summed E-state index contributed by atoms with van der Waals surface area (Å²) in [4.78, 5) is 11.7. The predicted octanol–water partition coefficient (Wildman–Crippen LogP) is 3.21. The van der Waals surface area contributed by atoms with Gasteiger partial charge in [-0.15, -0.1) is 0 Å². The van der Waals surface area contributed by atoms with Gasteiger partial charge in [0.15, 0.2) is 0 Å². The summed E-state index contributed by atoms with van der Waals surface area (Å²) in [6.07, 6.45) is 0. The average Bonchev–Trinajstić information content (AvgIpc) is 2.12. The van der Waals surface area contributed by atoms with Crippen LogP contribution in [0.1, 0.15) is 43.0 Å². The van der Waals surface area contributed by atoms with E-state index in [1.807, 2.05) is 20.8 Å². The van der Waals surface area contributed by atoms with Crippen molar-refractivity contribution in [1.29, 1.82) is 0 Å². The quantitative estimate of drug-likeness (QED) is 0.829. The van der Waals surface area contributed by atoms with Crippen molar-refractivity contribution in [1.82, 2.24) is 10.6 Å². The van der Waals surface area contributed by atoms with Crippen molar-refractivity contribution in [3.63, 3.8) is 0 Å². The Hall–Kier alpha value is -1.51. The number of carbonyl (C=O) groups is 1. The molecule has 3 nitrogen and oxygen atoms in total. The van der Waals surface area contributed by atoms with Crippen LogP contribution in [0.2, 0.25) is 0 Å². The lowest BCUT2D eigenvalue weighted by Crippen LogP contribution is -2.46. The number of rotatable bonds is 2. The summed E-state index contributed by atoms with van der Waals surface area (Å²) < 4.78 is 0. The number of carbonyl (C=O) groups excluding carboxylic acids is 1. The van der Waals surface area contributed by atoms with Crippen LogP contribution in [0.4, 0.5) is 4.79 Å². The third-order valence-electron chi connectivity index (χ3n) is 2.75. The van der Waals surface area contributed by atoms with Crippen molar-refractivity contribution < 1.29 is 4.79 Å². The highest BCUT2D eigenvalue weighted by Gasteiger charge is 2.13. The molecule has 0 atom stereocenters. The normalized spacial score (nSPS) is 11.2. The lowest BCUT2D eigenvalue weighted by molar-refractivity contribution is 0.231. The molecule has 0 spiro atoms. The zero-order valence-electron chi connectivity index (χ0n) is 12.3. The summed E-state index contributed by atoms with van der Waals surface area (Å²) in [5, 5.41) is 5.80. The van der Waals surface area contributed by atoms with Gasteiger partial charge in [-0.1, -0.05) is 17.7 Å². The van der Waals surface area contributed by atoms with Crippen molar-refractivity contribution in [3.05, 3.63) is 34.4 Å². The van der Waals surface area contributed by atoms with Crippen molar-refractivity contribution in [3.8, 4) is 0 Å².